The molecule has 370 valence electrons. The minimum absolute atomic E-state index is 0.0209. The summed E-state index contributed by atoms with van der Waals surface area (Å²) < 4.78 is 34.7. The van der Waals surface area contributed by atoms with Crippen molar-refractivity contribution in [3.63, 3.8) is 0 Å². The van der Waals surface area contributed by atoms with E-state index in [0.29, 0.717) is 17.6 Å². The van der Waals surface area contributed by atoms with Crippen LogP contribution in [0.15, 0.2) is 48.6 Å². The summed E-state index contributed by atoms with van der Waals surface area (Å²) in [6, 6.07) is 0. The van der Waals surface area contributed by atoms with Gasteiger partial charge in [-0.1, -0.05) is 223 Å². The molecule has 0 fully saturated rings. The molecule has 0 aliphatic heterocycles. The minimum Gasteiger partial charge on any atom is -0.756 e. The number of hydrogen-bond acceptors (Lipinski definition) is 7. The molecule has 0 bridgehead atoms. The summed E-state index contributed by atoms with van der Waals surface area (Å²) >= 11 is 0. The molecule has 0 aliphatic rings. The van der Waals surface area contributed by atoms with Gasteiger partial charge in [-0.15, -0.1) is 0 Å². The van der Waals surface area contributed by atoms with Crippen molar-refractivity contribution in [2.45, 2.75) is 238 Å². The van der Waals surface area contributed by atoms with Crippen LogP contribution >= 0.6 is 7.82 Å². The number of carbonyl (C=O) groups excluding carboxylic acids is 1. The Balaban J connectivity index is 4.10. The molecule has 2 unspecified atom stereocenters. The number of likely N-dealkylation sites (N-methyl/N-ethyl adjacent to an activating group) is 1. The van der Waals surface area contributed by atoms with Gasteiger partial charge in [0, 0.05) is 13.0 Å². The van der Waals surface area contributed by atoms with Crippen LogP contribution in [0.1, 0.15) is 232 Å². The second kappa shape index (κ2) is 47.0. The van der Waals surface area contributed by atoms with Gasteiger partial charge < -0.3 is 27.9 Å². The van der Waals surface area contributed by atoms with E-state index < -0.39 is 13.9 Å². The highest BCUT2D eigenvalue weighted by molar-refractivity contribution is 7.45. The number of unbranched alkanes of at least 4 members (excludes halogenated alkanes) is 27. The van der Waals surface area contributed by atoms with Crippen molar-refractivity contribution < 1.29 is 37.3 Å². The van der Waals surface area contributed by atoms with Crippen LogP contribution in [0.2, 0.25) is 0 Å². The van der Waals surface area contributed by atoms with Crippen LogP contribution in [-0.4, -0.2) is 70.7 Å². The van der Waals surface area contributed by atoms with Gasteiger partial charge in [-0.3, -0.25) is 9.36 Å². The van der Waals surface area contributed by atoms with Gasteiger partial charge in [0.25, 0.3) is 7.82 Å². The standard InChI is InChI=1S/C54H102NO7P/c1-6-8-10-12-14-16-18-20-22-24-25-26-27-28-29-30-32-34-36-38-40-42-44-46-49-59-51-53(52-61-63(57,58)60-50-48-55(3,4)5)62-54(56)47-45-43-41-39-37-35-33-31-23-21-19-17-15-13-11-9-7-2/h9,11,15,17,21,23,33,35,53H,6-8,10,12-14,16,18-20,22,24-32,34,36-52H2,1-5H3/b11-9-,17-15-,23-21-,35-33-. The summed E-state index contributed by atoms with van der Waals surface area (Å²) in [5.74, 6) is -0.354. The highest BCUT2D eigenvalue weighted by Crippen LogP contribution is 2.38. The molecule has 0 aromatic rings. The molecule has 0 aliphatic carbocycles. The molecule has 0 heterocycles. The first-order valence-electron chi connectivity index (χ1n) is 26.4. The lowest BCUT2D eigenvalue weighted by Gasteiger charge is -2.28. The first-order valence-corrected chi connectivity index (χ1v) is 27.8. The average Bonchev–Trinajstić information content (AvgIpc) is 3.24. The molecule has 0 rings (SSSR count). The number of ether oxygens (including phenoxy) is 2. The second-order valence-electron chi connectivity index (χ2n) is 18.9. The molecule has 8 nitrogen and oxygen atoms in total. The van der Waals surface area contributed by atoms with Crippen LogP contribution in [0.4, 0.5) is 0 Å². The number of quaternary nitrogens is 1. The van der Waals surface area contributed by atoms with E-state index >= 15 is 0 Å². The quantitative estimate of drug-likeness (QED) is 0.0197. The molecular weight excluding hydrogens is 806 g/mol. The van der Waals surface area contributed by atoms with Crippen molar-refractivity contribution in [2.75, 3.05) is 54.1 Å². The monoisotopic (exact) mass is 908 g/mol. The fourth-order valence-electron chi connectivity index (χ4n) is 7.36. The molecule has 0 spiro atoms. The van der Waals surface area contributed by atoms with Crippen LogP contribution in [0.3, 0.4) is 0 Å². The number of phosphoric ester groups is 1. The summed E-state index contributed by atoms with van der Waals surface area (Å²) in [4.78, 5) is 25.2. The summed E-state index contributed by atoms with van der Waals surface area (Å²) in [6.07, 6.45) is 58.6. The maximum Gasteiger partial charge on any atom is 0.306 e. The molecule has 0 aromatic heterocycles. The van der Waals surface area contributed by atoms with E-state index in [1.165, 1.54) is 141 Å². The Hall–Kier alpha value is -1.54. The SMILES string of the molecule is CC/C=C\C/C=C\C/C=C\C/C=C\CCCCCCC(=O)OC(COCCCCCCCCCCCCCCCCCCCCCCCCCC)COP(=O)([O-])OCC[N+](C)(C)C. The van der Waals surface area contributed by atoms with E-state index in [0.717, 1.165) is 70.6 Å². The van der Waals surface area contributed by atoms with E-state index in [1.54, 1.807) is 0 Å². The normalized spacial score (nSPS) is 13.9. The van der Waals surface area contributed by atoms with Gasteiger partial charge in [0.2, 0.25) is 0 Å². The predicted molar refractivity (Wildman–Crippen MR) is 268 cm³/mol. The molecule has 0 saturated heterocycles. The van der Waals surface area contributed by atoms with Crippen LogP contribution < -0.4 is 4.89 Å². The van der Waals surface area contributed by atoms with Crippen molar-refractivity contribution in [3.8, 4) is 0 Å². The number of allylic oxidation sites excluding steroid dienone is 8. The van der Waals surface area contributed by atoms with Crippen molar-refractivity contribution in [2.24, 2.45) is 0 Å². The summed E-state index contributed by atoms with van der Waals surface area (Å²) in [7, 11) is 1.34. The molecule has 63 heavy (non-hydrogen) atoms. The Labute approximate surface area is 390 Å². The van der Waals surface area contributed by atoms with Crippen molar-refractivity contribution in [1.29, 1.82) is 0 Å². The maximum absolute atomic E-state index is 12.7. The van der Waals surface area contributed by atoms with Gasteiger partial charge in [0.1, 0.15) is 19.3 Å². The van der Waals surface area contributed by atoms with Gasteiger partial charge in [-0.25, -0.2) is 0 Å². The van der Waals surface area contributed by atoms with Crippen LogP contribution in [0.5, 0.6) is 0 Å². The highest BCUT2D eigenvalue weighted by Gasteiger charge is 2.20. The zero-order chi connectivity index (χ0) is 46.2. The topological polar surface area (TPSA) is 94.1 Å². The van der Waals surface area contributed by atoms with Gasteiger partial charge in [0.15, 0.2) is 0 Å². The lowest BCUT2D eigenvalue weighted by Crippen LogP contribution is -2.37. The van der Waals surface area contributed by atoms with Gasteiger partial charge in [-0.2, -0.15) is 0 Å². The fourth-order valence-corrected chi connectivity index (χ4v) is 8.09. The number of carbonyl (C=O) groups is 1. The first kappa shape index (κ1) is 61.5. The van der Waals surface area contributed by atoms with E-state index in [9.17, 15) is 14.3 Å². The Bertz CT molecular complexity index is 1150. The van der Waals surface area contributed by atoms with Crippen molar-refractivity contribution >= 4 is 13.8 Å². The molecule has 0 amide bonds. The zero-order valence-corrected chi connectivity index (χ0v) is 42.9. The number of phosphoric acid groups is 1. The van der Waals surface area contributed by atoms with Crippen LogP contribution in [0, 0.1) is 0 Å². The maximum atomic E-state index is 12.7. The third kappa shape index (κ3) is 51.3. The number of esters is 1. The van der Waals surface area contributed by atoms with E-state index in [-0.39, 0.29) is 32.2 Å². The minimum atomic E-state index is -4.54. The van der Waals surface area contributed by atoms with Gasteiger partial charge in [0.05, 0.1) is 34.4 Å². The van der Waals surface area contributed by atoms with Crippen LogP contribution in [0.25, 0.3) is 0 Å². The number of nitrogens with zero attached hydrogens (tertiary/aromatic N) is 1. The Morgan fingerprint density at radius 3 is 1.38 bits per heavy atom. The molecule has 2 atom stereocenters. The lowest BCUT2D eigenvalue weighted by molar-refractivity contribution is -0.870. The summed E-state index contributed by atoms with van der Waals surface area (Å²) in [6.45, 7) is 5.30. The van der Waals surface area contributed by atoms with Gasteiger partial charge >= 0.3 is 5.97 Å². The first-order chi connectivity index (χ1) is 30.6. The molecule has 0 N–H and O–H groups in total. The number of hydrogen-bond donors (Lipinski definition) is 0. The molecule has 0 aromatic carbocycles. The predicted octanol–water partition coefficient (Wildman–Crippen LogP) is 15.7. The van der Waals surface area contributed by atoms with E-state index in [4.69, 9.17) is 18.5 Å². The average molecular weight is 908 g/mol. The molecule has 9 heteroatoms. The fraction of sp³-hybridized carbons (Fsp3) is 0.833. The molecular formula is C54H102NO7P. The largest absolute Gasteiger partial charge is 0.756 e. The van der Waals surface area contributed by atoms with E-state index in [1.807, 2.05) is 21.1 Å². The van der Waals surface area contributed by atoms with Crippen molar-refractivity contribution in [1.82, 2.24) is 0 Å². The van der Waals surface area contributed by atoms with Crippen molar-refractivity contribution in [3.05, 3.63) is 48.6 Å². The molecule has 0 saturated carbocycles. The Morgan fingerprint density at radius 2 is 0.921 bits per heavy atom. The number of rotatable bonds is 49. The third-order valence-electron chi connectivity index (χ3n) is 11.4. The zero-order valence-electron chi connectivity index (χ0n) is 42.0. The Morgan fingerprint density at radius 1 is 0.508 bits per heavy atom. The Kier molecular flexibility index (Phi) is 45.8. The van der Waals surface area contributed by atoms with Gasteiger partial charge in [-0.05, 0) is 51.4 Å². The molecule has 0 radical (unpaired) electrons. The smallest absolute Gasteiger partial charge is 0.306 e. The third-order valence-corrected chi connectivity index (χ3v) is 12.4. The summed E-state index contributed by atoms with van der Waals surface area (Å²) in [5, 5.41) is 0. The second-order valence-corrected chi connectivity index (χ2v) is 20.3. The van der Waals surface area contributed by atoms with Crippen LogP contribution in [-0.2, 0) is 27.9 Å². The summed E-state index contributed by atoms with van der Waals surface area (Å²) in [5.41, 5.74) is 0. The van der Waals surface area contributed by atoms with E-state index in [2.05, 4.69) is 62.5 Å². The highest BCUT2D eigenvalue weighted by atomic mass is 31.2. The lowest BCUT2D eigenvalue weighted by atomic mass is 10.0.